The van der Waals surface area contributed by atoms with Crippen LogP contribution in [0.3, 0.4) is 0 Å². The average molecular weight is 462 g/mol. The Morgan fingerprint density at radius 2 is 1.72 bits per heavy atom. The molecular formula is C24H35N3O4S. The van der Waals surface area contributed by atoms with Crippen molar-refractivity contribution in [1.82, 2.24) is 9.29 Å². The Hall–Kier alpha value is -2.63. The maximum Gasteiger partial charge on any atom is 0.355 e. The van der Waals surface area contributed by atoms with Gasteiger partial charge in [-0.2, -0.15) is 5.26 Å². The minimum atomic E-state index is -3.32. The zero-order valence-corrected chi connectivity index (χ0v) is 20.9. The molecular weight excluding hydrogens is 426 g/mol. The highest BCUT2D eigenvalue weighted by atomic mass is 32.2. The lowest BCUT2D eigenvalue weighted by molar-refractivity contribution is 0.0516. The lowest BCUT2D eigenvalue weighted by Crippen LogP contribution is -2.33. The van der Waals surface area contributed by atoms with Crippen molar-refractivity contribution in [1.29, 1.82) is 5.26 Å². The second-order valence-corrected chi connectivity index (χ2v) is 10.2. The Morgan fingerprint density at radius 3 is 2.19 bits per heavy atom. The van der Waals surface area contributed by atoms with Crippen LogP contribution in [-0.4, -0.2) is 37.4 Å². The molecule has 0 aliphatic heterocycles. The third kappa shape index (κ3) is 6.94. The summed E-state index contributed by atoms with van der Waals surface area (Å²) in [5, 5.41) is 9.00. The normalized spacial score (nSPS) is 12.0. The summed E-state index contributed by atoms with van der Waals surface area (Å²) in [6.07, 6.45) is 2.86. The minimum absolute atomic E-state index is 0.0340. The van der Waals surface area contributed by atoms with Crippen molar-refractivity contribution in [2.45, 2.75) is 59.1 Å². The summed E-state index contributed by atoms with van der Waals surface area (Å²) < 4.78 is 33.3. The van der Waals surface area contributed by atoms with Gasteiger partial charge in [0.1, 0.15) is 11.8 Å². The summed E-state index contributed by atoms with van der Waals surface area (Å²) in [6, 6.07) is 9.57. The van der Waals surface area contributed by atoms with E-state index >= 15 is 0 Å². The van der Waals surface area contributed by atoms with Gasteiger partial charge in [-0.15, -0.1) is 0 Å². The van der Waals surface area contributed by atoms with Crippen LogP contribution in [0.2, 0.25) is 0 Å². The molecule has 7 nitrogen and oxygen atoms in total. The fourth-order valence-corrected chi connectivity index (χ4v) is 3.77. The molecule has 1 heterocycles. The summed E-state index contributed by atoms with van der Waals surface area (Å²) >= 11 is 0. The lowest BCUT2D eigenvalue weighted by atomic mass is 9.96. The van der Waals surface area contributed by atoms with Gasteiger partial charge in [0.15, 0.2) is 0 Å². The first-order chi connectivity index (χ1) is 15.0. The number of ether oxygens (including phenoxy) is 1. The maximum absolute atomic E-state index is 12.4. The van der Waals surface area contributed by atoms with Crippen LogP contribution in [0.25, 0.3) is 11.1 Å². The number of benzene rings is 1. The molecule has 8 heteroatoms. The van der Waals surface area contributed by atoms with E-state index in [1.165, 1.54) is 6.42 Å². The third-order valence-corrected chi connectivity index (χ3v) is 6.56. The van der Waals surface area contributed by atoms with Crippen molar-refractivity contribution in [3.05, 3.63) is 47.3 Å². The highest BCUT2D eigenvalue weighted by Gasteiger charge is 2.23. The molecule has 0 saturated heterocycles. The van der Waals surface area contributed by atoms with Gasteiger partial charge in [-0.25, -0.2) is 17.9 Å². The smallest absolute Gasteiger partial charge is 0.355 e. The van der Waals surface area contributed by atoms with Crippen LogP contribution in [0.4, 0.5) is 0 Å². The summed E-state index contributed by atoms with van der Waals surface area (Å²) in [4.78, 5) is 12.4. The van der Waals surface area contributed by atoms with Crippen LogP contribution >= 0.6 is 0 Å². The zero-order valence-electron chi connectivity index (χ0n) is 20.1. The average Bonchev–Trinajstić information content (AvgIpc) is 3.09. The number of nitriles is 1. The molecule has 0 aliphatic carbocycles. The highest BCUT2D eigenvalue weighted by molar-refractivity contribution is 7.90. The molecule has 0 amide bonds. The highest BCUT2D eigenvalue weighted by Crippen LogP contribution is 2.31. The molecule has 0 spiro atoms. The van der Waals surface area contributed by atoms with E-state index in [1.807, 2.05) is 31.2 Å². The van der Waals surface area contributed by atoms with Gasteiger partial charge in [0.25, 0.3) is 0 Å². The van der Waals surface area contributed by atoms with Crippen molar-refractivity contribution in [3.63, 3.8) is 0 Å². The SMILES string of the molecule is CCC.CCOC(=O)c1c(-c2ccc(C(C)CNS(=O)(=O)C(C)C)cc2)c(C#N)cn1C. The predicted octanol–water partition coefficient (Wildman–Crippen LogP) is 4.59. The fraction of sp³-hybridized carbons (Fsp3) is 0.500. The molecule has 32 heavy (non-hydrogen) atoms. The molecule has 176 valence electrons. The second-order valence-electron chi connectivity index (χ2n) is 7.88. The standard InChI is InChI=1S/C21H27N3O4S.C3H8/c1-6-28-21(25)20-19(18(11-22)13-24(20)5)17-9-7-16(8-10-17)15(4)12-23-29(26,27)14(2)3;1-3-2/h7-10,13-15,23H,6,12H2,1-5H3;3H2,1-2H3. The monoisotopic (exact) mass is 461 g/mol. The number of aryl methyl sites for hydroxylation is 1. The molecule has 1 aromatic heterocycles. The molecule has 0 fully saturated rings. The first kappa shape index (κ1) is 27.4. The van der Waals surface area contributed by atoms with Crippen LogP contribution in [0.1, 0.15) is 75.5 Å². The number of nitrogens with one attached hydrogen (secondary N) is 1. The lowest BCUT2D eigenvalue weighted by Gasteiger charge is -2.15. The number of carbonyl (C=O) groups excluding carboxylic acids is 1. The van der Waals surface area contributed by atoms with E-state index in [1.54, 1.807) is 38.6 Å². The summed E-state index contributed by atoms with van der Waals surface area (Å²) in [6.45, 7) is 11.7. The van der Waals surface area contributed by atoms with Gasteiger partial charge >= 0.3 is 5.97 Å². The van der Waals surface area contributed by atoms with Crippen LogP contribution in [0, 0.1) is 11.3 Å². The van der Waals surface area contributed by atoms with Gasteiger partial charge in [0.05, 0.1) is 17.4 Å². The number of hydrogen-bond acceptors (Lipinski definition) is 5. The van der Waals surface area contributed by atoms with E-state index < -0.39 is 21.2 Å². The van der Waals surface area contributed by atoms with Gasteiger partial charge in [-0.05, 0) is 37.8 Å². The van der Waals surface area contributed by atoms with Gasteiger partial charge in [0.2, 0.25) is 10.0 Å². The third-order valence-electron chi connectivity index (χ3n) is 4.75. The number of nitrogens with zero attached hydrogens (tertiary/aromatic N) is 2. The summed E-state index contributed by atoms with van der Waals surface area (Å²) in [5.41, 5.74) is 2.93. The van der Waals surface area contributed by atoms with E-state index in [0.29, 0.717) is 23.4 Å². The van der Waals surface area contributed by atoms with Gasteiger partial charge < -0.3 is 9.30 Å². The van der Waals surface area contributed by atoms with Gasteiger partial charge in [-0.1, -0.05) is 51.5 Å². The van der Waals surface area contributed by atoms with E-state index in [-0.39, 0.29) is 12.5 Å². The molecule has 1 N–H and O–H groups in total. The number of aromatic nitrogens is 1. The minimum Gasteiger partial charge on any atom is -0.461 e. The van der Waals surface area contributed by atoms with E-state index in [4.69, 9.17) is 4.74 Å². The van der Waals surface area contributed by atoms with Crippen molar-refractivity contribution in [2.75, 3.05) is 13.2 Å². The molecule has 0 bridgehead atoms. The maximum atomic E-state index is 12.4. The number of sulfonamides is 1. The summed E-state index contributed by atoms with van der Waals surface area (Å²) in [5.74, 6) is -0.514. The number of hydrogen-bond donors (Lipinski definition) is 1. The largest absolute Gasteiger partial charge is 0.461 e. The van der Waals surface area contributed by atoms with Crippen molar-refractivity contribution in [3.8, 4) is 17.2 Å². The Morgan fingerprint density at radius 1 is 1.16 bits per heavy atom. The Labute approximate surface area is 192 Å². The number of esters is 1. The van der Waals surface area contributed by atoms with Gasteiger partial charge in [-0.3, -0.25) is 0 Å². The molecule has 1 aromatic carbocycles. The Bertz CT molecular complexity index is 1030. The molecule has 2 aromatic rings. The topological polar surface area (TPSA) is 101 Å². The first-order valence-corrected chi connectivity index (χ1v) is 12.4. The van der Waals surface area contributed by atoms with Crippen LogP contribution in [0.5, 0.6) is 0 Å². The fourth-order valence-electron chi connectivity index (χ4n) is 2.95. The zero-order chi connectivity index (χ0) is 24.5. The number of carbonyl (C=O) groups is 1. The van der Waals surface area contributed by atoms with Gasteiger partial charge in [0, 0.05) is 25.4 Å². The number of rotatable bonds is 8. The quantitative estimate of drug-likeness (QED) is 0.580. The van der Waals surface area contributed by atoms with E-state index in [9.17, 15) is 18.5 Å². The van der Waals surface area contributed by atoms with Crippen molar-refractivity contribution < 1.29 is 17.9 Å². The van der Waals surface area contributed by atoms with Crippen LogP contribution in [-0.2, 0) is 21.8 Å². The molecule has 1 atom stereocenters. The molecule has 1 unspecified atom stereocenters. The molecule has 0 radical (unpaired) electrons. The Kier molecular flexibility index (Phi) is 10.6. The second kappa shape index (κ2) is 12.4. The van der Waals surface area contributed by atoms with Crippen LogP contribution in [0.15, 0.2) is 30.5 Å². The predicted molar refractivity (Wildman–Crippen MR) is 128 cm³/mol. The van der Waals surface area contributed by atoms with Crippen LogP contribution < -0.4 is 4.72 Å². The van der Waals surface area contributed by atoms with E-state index in [0.717, 1.165) is 11.1 Å². The molecule has 0 saturated carbocycles. The molecule has 2 rings (SSSR count). The van der Waals surface area contributed by atoms with E-state index in [2.05, 4.69) is 24.6 Å². The summed E-state index contributed by atoms with van der Waals surface area (Å²) in [7, 11) is -1.62. The van der Waals surface area contributed by atoms with Crippen molar-refractivity contribution >= 4 is 16.0 Å². The molecule has 0 aliphatic rings. The Balaban J connectivity index is 0.00000161. The first-order valence-electron chi connectivity index (χ1n) is 10.9. The van der Waals surface area contributed by atoms with Crippen molar-refractivity contribution in [2.24, 2.45) is 7.05 Å².